The van der Waals surface area contributed by atoms with E-state index in [0.717, 1.165) is 0 Å². The van der Waals surface area contributed by atoms with Gasteiger partial charge in [-0.1, -0.05) is 51.2 Å². The summed E-state index contributed by atoms with van der Waals surface area (Å²) in [5, 5.41) is 9.57. The van der Waals surface area contributed by atoms with Crippen LogP contribution in [0.4, 0.5) is 0 Å². The Bertz CT molecular complexity index is 391. The molecule has 1 unspecified atom stereocenters. The molecule has 1 N–H and O–H groups in total. The van der Waals surface area contributed by atoms with Crippen LogP contribution in [0, 0.1) is 0 Å². The van der Waals surface area contributed by atoms with Crippen molar-refractivity contribution in [2.45, 2.75) is 57.8 Å². The zero-order valence-electron chi connectivity index (χ0n) is 12.9. The maximum absolute atomic E-state index is 9.57. The summed E-state index contributed by atoms with van der Waals surface area (Å²) >= 11 is 0. The van der Waals surface area contributed by atoms with Crippen molar-refractivity contribution in [2.24, 2.45) is 0 Å². The molecule has 1 aromatic rings. The molecular formula is C18H29NO. The van der Waals surface area contributed by atoms with Gasteiger partial charge in [0.05, 0.1) is 0 Å². The second kappa shape index (κ2) is 8.31. The zero-order chi connectivity index (χ0) is 14.2. The molecule has 0 spiro atoms. The molecule has 1 fully saturated rings. The molecule has 2 rings (SSSR count). The van der Waals surface area contributed by atoms with E-state index in [1.165, 1.54) is 70.1 Å². The van der Waals surface area contributed by atoms with Crippen molar-refractivity contribution >= 4 is 0 Å². The van der Waals surface area contributed by atoms with Crippen molar-refractivity contribution in [1.29, 1.82) is 0 Å². The summed E-state index contributed by atoms with van der Waals surface area (Å²) in [7, 11) is 0. The molecule has 20 heavy (non-hydrogen) atoms. The summed E-state index contributed by atoms with van der Waals surface area (Å²) in [6, 6.07) is 7.80. The Kier molecular flexibility index (Phi) is 6.38. The lowest BCUT2D eigenvalue weighted by molar-refractivity contribution is 0.323. The van der Waals surface area contributed by atoms with Gasteiger partial charge >= 0.3 is 0 Å². The number of aromatic hydroxyl groups is 1. The molecule has 1 aromatic carbocycles. The van der Waals surface area contributed by atoms with E-state index >= 15 is 0 Å². The van der Waals surface area contributed by atoms with Crippen molar-refractivity contribution in [3.63, 3.8) is 0 Å². The summed E-state index contributed by atoms with van der Waals surface area (Å²) < 4.78 is 0. The normalized spacial score (nSPS) is 19.6. The van der Waals surface area contributed by atoms with E-state index in [0.29, 0.717) is 11.7 Å². The van der Waals surface area contributed by atoms with Gasteiger partial charge in [0.25, 0.3) is 0 Å². The number of hydrogen-bond acceptors (Lipinski definition) is 2. The minimum absolute atomic E-state index is 0.400. The van der Waals surface area contributed by atoms with Gasteiger partial charge in [0.15, 0.2) is 0 Å². The third kappa shape index (κ3) is 4.82. The van der Waals surface area contributed by atoms with Gasteiger partial charge in [-0.25, -0.2) is 0 Å². The summed E-state index contributed by atoms with van der Waals surface area (Å²) in [5.41, 5.74) is 1.30. The van der Waals surface area contributed by atoms with Crippen LogP contribution in [0.25, 0.3) is 0 Å². The highest BCUT2D eigenvalue weighted by molar-refractivity contribution is 5.30. The van der Waals surface area contributed by atoms with Crippen molar-refractivity contribution < 1.29 is 5.11 Å². The number of likely N-dealkylation sites (tertiary alicyclic amines) is 1. The van der Waals surface area contributed by atoms with Crippen LogP contribution in [0.15, 0.2) is 24.3 Å². The first kappa shape index (κ1) is 15.4. The van der Waals surface area contributed by atoms with Crippen molar-refractivity contribution in [3.8, 4) is 5.75 Å². The largest absolute Gasteiger partial charge is 0.508 e. The SMILES string of the molecule is CCCCCCCCN1CCC(c2cccc(O)c2)C1. The van der Waals surface area contributed by atoms with Gasteiger partial charge < -0.3 is 10.0 Å². The van der Waals surface area contributed by atoms with Crippen LogP contribution in [0.5, 0.6) is 5.75 Å². The Morgan fingerprint density at radius 2 is 1.95 bits per heavy atom. The van der Waals surface area contributed by atoms with Crippen LogP contribution in [0.2, 0.25) is 0 Å². The topological polar surface area (TPSA) is 23.5 Å². The lowest BCUT2D eigenvalue weighted by atomic mass is 9.98. The first-order chi connectivity index (χ1) is 9.79. The van der Waals surface area contributed by atoms with Gasteiger partial charge in [-0.3, -0.25) is 0 Å². The molecule has 0 saturated carbocycles. The van der Waals surface area contributed by atoms with Crippen LogP contribution in [0.3, 0.4) is 0 Å². The fourth-order valence-corrected chi connectivity index (χ4v) is 3.20. The third-order valence-corrected chi connectivity index (χ3v) is 4.44. The minimum atomic E-state index is 0.400. The molecule has 2 heteroatoms. The van der Waals surface area contributed by atoms with E-state index in [1.54, 1.807) is 6.07 Å². The van der Waals surface area contributed by atoms with Crippen LogP contribution in [-0.4, -0.2) is 29.6 Å². The third-order valence-electron chi connectivity index (χ3n) is 4.44. The smallest absolute Gasteiger partial charge is 0.115 e. The molecule has 1 atom stereocenters. The van der Waals surface area contributed by atoms with Gasteiger partial charge in [-0.2, -0.15) is 0 Å². The highest BCUT2D eigenvalue weighted by Crippen LogP contribution is 2.29. The molecule has 2 nitrogen and oxygen atoms in total. The van der Waals surface area contributed by atoms with Crippen LogP contribution in [-0.2, 0) is 0 Å². The highest BCUT2D eigenvalue weighted by Gasteiger charge is 2.23. The number of unbranched alkanes of at least 4 members (excludes halogenated alkanes) is 5. The molecule has 0 amide bonds. The van der Waals surface area contributed by atoms with Gasteiger partial charge in [0, 0.05) is 6.54 Å². The van der Waals surface area contributed by atoms with Crippen molar-refractivity contribution in [2.75, 3.05) is 19.6 Å². The molecule has 0 radical (unpaired) electrons. The molecule has 0 bridgehead atoms. The van der Waals surface area contributed by atoms with E-state index < -0.39 is 0 Å². The molecule has 112 valence electrons. The number of hydrogen-bond donors (Lipinski definition) is 1. The monoisotopic (exact) mass is 275 g/mol. The molecule has 0 aromatic heterocycles. The van der Waals surface area contributed by atoms with E-state index in [1.807, 2.05) is 12.1 Å². The molecule has 0 aliphatic carbocycles. The lowest BCUT2D eigenvalue weighted by Gasteiger charge is -2.16. The number of phenolic OH excluding ortho intramolecular Hbond substituents is 1. The first-order valence-electron chi connectivity index (χ1n) is 8.31. The summed E-state index contributed by atoms with van der Waals surface area (Å²) in [4.78, 5) is 2.59. The number of phenols is 1. The Morgan fingerprint density at radius 1 is 1.15 bits per heavy atom. The lowest BCUT2D eigenvalue weighted by Crippen LogP contribution is -2.21. The second-order valence-corrected chi connectivity index (χ2v) is 6.15. The number of benzene rings is 1. The van der Waals surface area contributed by atoms with Crippen LogP contribution < -0.4 is 0 Å². The van der Waals surface area contributed by atoms with Crippen LogP contribution in [0.1, 0.15) is 63.4 Å². The average Bonchev–Trinajstić information content (AvgIpc) is 2.91. The van der Waals surface area contributed by atoms with Gasteiger partial charge in [-0.05, 0) is 49.5 Å². The van der Waals surface area contributed by atoms with E-state index in [-0.39, 0.29) is 0 Å². The Hall–Kier alpha value is -1.02. The van der Waals surface area contributed by atoms with E-state index in [4.69, 9.17) is 0 Å². The molecule has 1 saturated heterocycles. The fourth-order valence-electron chi connectivity index (χ4n) is 3.20. The predicted molar refractivity (Wildman–Crippen MR) is 85.3 cm³/mol. The number of rotatable bonds is 8. The second-order valence-electron chi connectivity index (χ2n) is 6.15. The van der Waals surface area contributed by atoms with E-state index in [9.17, 15) is 5.11 Å². The molecule has 1 aliphatic rings. The fraction of sp³-hybridized carbons (Fsp3) is 0.667. The van der Waals surface area contributed by atoms with Gasteiger partial charge in [-0.15, -0.1) is 0 Å². The minimum Gasteiger partial charge on any atom is -0.508 e. The standard InChI is InChI=1S/C18H29NO/c1-2-3-4-5-6-7-12-19-13-11-17(15-19)16-9-8-10-18(20)14-16/h8-10,14,17,20H,2-7,11-13,15H2,1H3. The Morgan fingerprint density at radius 3 is 2.75 bits per heavy atom. The van der Waals surface area contributed by atoms with Gasteiger partial charge in [0.1, 0.15) is 5.75 Å². The molecule has 1 heterocycles. The Labute approximate surface area is 123 Å². The Balaban J connectivity index is 1.65. The molecular weight excluding hydrogens is 246 g/mol. The average molecular weight is 275 g/mol. The van der Waals surface area contributed by atoms with Crippen molar-refractivity contribution in [3.05, 3.63) is 29.8 Å². The maximum atomic E-state index is 9.57. The predicted octanol–water partition coefficient (Wildman–Crippen LogP) is 4.54. The summed E-state index contributed by atoms with van der Waals surface area (Å²) in [6.45, 7) is 5.90. The van der Waals surface area contributed by atoms with Crippen molar-refractivity contribution in [1.82, 2.24) is 4.90 Å². The summed E-state index contributed by atoms with van der Waals surface area (Å²) in [6.07, 6.45) is 9.49. The van der Waals surface area contributed by atoms with Crippen LogP contribution >= 0.6 is 0 Å². The molecule has 1 aliphatic heterocycles. The van der Waals surface area contributed by atoms with E-state index in [2.05, 4.69) is 17.9 Å². The quantitative estimate of drug-likeness (QED) is 0.704. The number of nitrogens with zero attached hydrogens (tertiary/aromatic N) is 1. The van der Waals surface area contributed by atoms with Gasteiger partial charge in [0.2, 0.25) is 0 Å². The first-order valence-corrected chi connectivity index (χ1v) is 8.31. The summed E-state index contributed by atoms with van der Waals surface area (Å²) in [5.74, 6) is 1.01. The highest BCUT2D eigenvalue weighted by atomic mass is 16.3. The zero-order valence-corrected chi connectivity index (χ0v) is 12.9. The maximum Gasteiger partial charge on any atom is 0.115 e.